The van der Waals surface area contributed by atoms with Gasteiger partial charge in [0.15, 0.2) is 6.10 Å². The highest BCUT2D eigenvalue weighted by Crippen LogP contribution is 2.37. The Morgan fingerprint density at radius 1 is 1.15 bits per heavy atom. The molecule has 1 saturated heterocycles. The highest BCUT2D eigenvalue weighted by atomic mass is 16.3. The molecule has 0 aromatic heterocycles. The summed E-state index contributed by atoms with van der Waals surface area (Å²) in [6.45, 7) is 4.20. The van der Waals surface area contributed by atoms with Crippen molar-refractivity contribution in [3.8, 4) is 0 Å². The lowest BCUT2D eigenvalue weighted by atomic mass is 10.1. The predicted molar refractivity (Wildman–Crippen MR) is 79.1 cm³/mol. The molecular weight excluding hydrogens is 254 g/mol. The van der Waals surface area contributed by atoms with E-state index in [1.807, 2.05) is 18.2 Å². The van der Waals surface area contributed by atoms with Gasteiger partial charge in [-0.15, -0.1) is 0 Å². The normalized spacial score (nSPS) is 23.9. The highest BCUT2D eigenvalue weighted by Gasteiger charge is 2.33. The first-order valence-corrected chi connectivity index (χ1v) is 7.11. The molecule has 1 aromatic carbocycles. The minimum Gasteiger partial charge on any atom is -0.378 e. The van der Waals surface area contributed by atoms with E-state index in [2.05, 4.69) is 16.8 Å². The van der Waals surface area contributed by atoms with Crippen molar-refractivity contribution in [1.82, 2.24) is 4.90 Å². The quantitative estimate of drug-likeness (QED) is 0.825. The summed E-state index contributed by atoms with van der Waals surface area (Å²) in [5, 5.41) is 9.89. The highest BCUT2D eigenvalue weighted by molar-refractivity contribution is 6.03. The molecule has 0 radical (unpaired) electrons. The van der Waals surface area contributed by atoms with E-state index in [-0.39, 0.29) is 5.91 Å². The average Bonchev–Trinajstić information content (AvgIpc) is 2.64. The summed E-state index contributed by atoms with van der Waals surface area (Å²) >= 11 is 0. The molecule has 2 aliphatic heterocycles. The van der Waals surface area contributed by atoms with Gasteiger partial charge in [-0.1, -0.05) is 6.07 Å². The summed E-state index contributed by atoms with van der Waals surface area (Å²) in [7, 11) is 3.87. The van der Waals surface area contributed by atoms with Crippen molar-refractivity contribution in [3.05, 3.63) is 23.8 Å². The number of likely N-dealkylation sites (N-methyl/N-ethyl adjacent to an activating group) is 2. The number of carbonyl (C=O) groups is 1. The Morgan fingerprint density at radius 2 is 1.95 bits per heavy atom. The summed E-state index contributed by atoms with van der Waals surface area (Å²) in [5.74, 6) is -0.243. The van der Waals surface area contributed by atoms with Crippen LogP contribution in [0.5, 0.6) is 0 Å². The number of amides is 1. The molecule has 0 spiro atoms. The van der Waals surface area contributed by atoms with Crippen LogP contribution in [0.25, 0.3) is 0 Å². The summed E-state index contributed by atoms with van der Waals surface area (Å²) < 4.78 is 0. The minimum absolute atomic E-state index is 0.243. The van der Waals surface area contributed by atoms with Crippen molar-refractivity contribution in [2.75, 3.05) is 50.1 Å². The third kappa shape index (κ3) is 2.17. The Hall–Kier alpha value is -1.59. The maximum atomic E-state index is 11.8. The van der Waals surface area contributed by atoms with Crippen molar-refractivity contribution >= 4 is 17.3 Å². The average molecular weight is 275 g/mol. The van der Waals surface area contributed by atoms with Crippen LogP contribution in [0.3, 0.4) is 0 Å². The standard InChI is InChI=1S/C15H21N3O2/c1-16-6-3-7-18(9-8-16)11-4-5-12-13(10-11)17(2)15(20)14(12)19/h4-5,10,14,19H,3,6-9H2,1-2H3. The van der Waals surface area contributed by atoms with E-state index >= 15 is 0 Å². The van der Waals surface area contributed by atoms with Gasteiger partial charge in [0, 0.05) is 37.9 Å². The van der Waals surface area contributed by atoms with Crippen LogP contribution >= 0.6 is 0 Å². The minimum atomic E-state index is -1.00. The number of aliphatic hydroxyl groups is 1. The van der Waals surface area contributed by atoms with Gasteiger partial charge in [-0.2, -0.15) is 0 Å². The lowest BCUT2D eigenvalue weighted by molar-refractivity contribution is -0.125. The molecule has 1 fully saturated rings. The van der Waals surface area contributed by atoms with Gasteiger partial charge in [-0.05, 0) is 32.1 Å². The summed E-state index contributed by atoms with van der Waals surface area (Å²) in [4.78, 5) is 18.0. The zero-order valence-electron chi connectivity index (χ0n) is 12.0. The second kappa shape index (κ2) is 5.07. The van der Waals surface area contributed by atoms with Crippen molar-refractivity contribution in [1.29, 1.82) is 0 Å². The third-order valence-corrected chi connectivity index (χ3v) is 4.32. The number of aliphatic hydroxyl groups excluding tert-OH is 1. The van der Waals surface area contributed by atoms with Gasteiger partial charge in [-0.3, -0.25) is 4.79 Å². The van der Waals surface area contributed by atoms with E-state index in [1.54, 1.807) is 11.9 Å². The Labute approximate surface area is 119 Å². The number of anilines is 2. The van der Waals surface area contributed by atoms with Crippen molar-refractivity contribution in [3.63, 3.8) is 0 Å². The van der Waals surface area contributed by atoms with Gasteiger partial charge in [0.2, 0.25) is 0 Å². The molecule has 5 heteroatoms. The SMILES string of the molecule is CN1CCCN(c2ccc3c(c2)N(C)C(=O)C3O)CC1. The molecule has 1 atom stereocenters. The van der Waals surface area contributed by atoms with Gasteiger partial charge in [0.05, 0.1) is 5.69 Å². The van der Waals surface area contributed by atoms with Crippen LogP contribution in [0.2, 0.25) is 0 Å². The van der Waals surface area contributed by atoms with E-state index in [4.69, 9.17) is 0 Å². The lowest BCUT2D eigenvalue weighted by Crippen LogP contribution is -2.29. The van der Waals surface area contributed by atoms with E-state index in [0.29, 0.717) is 5.56 Å². The number of hydrogen-bond acceptors (Lipinski definition) is 4. The molecule has 0 saturated carbocycles. The van der Waals surface area contributed by atoms with E-state index in [0.717, 1.165) is 44.0 Å². The fourth-order valence-corrected chi connectivity index (χ4v) is 2.99. The lowest BCUT2D eigenvalue weighted by Gasteiger charge is -2.24. The Morgan fingerprint density at radius 3 is 2.75 bits per heavy atom. The van der Waals surface area contributed by atoms with E-state index in [9.17, 15) is 9.90 Å². The van der Waals surface area contributed by atoms with Crippen molar-refractivity contribution < 1.29 is 9.90 Å². The Kier molecular flexibility index (Phi) is 3.40. The molecule has 2 aliphatic rings. The molecule has 20 heavy (non-hydrogen) atoms. The first-order valence-electron chi connectivity index (χ1n) is 7.11. The largest absolute Gasteiger partial charge is 0.378 e. The second-order valence-corrected chi connectivity index (χ2v) is 5.69. The maximum absolute atomic E-state index is 11.8. The van der Waals surface area contributed by atoms with Gasteiger partial charge >= 0.3 is 0 Å². The summed E-state index contributed by atoms with van der Waals surface area (Å²) in [5.41, 5.74) is 2.68. The van der Waals surface area contributed by atoms with Crippen LogP contribution in [0, 0.1) is 0 Å². The first-order chi connectivity index (χ1) is 9.58. The fraction of sp³-hybridized carbons (Fsp3) is 0.533. The molecule has 2 heterocycles. The number of hydrogen-bond donors (Lipinski definition) is 1. The van der Waals surface area contributed by atoms with Crippen molar-refractivity contribution in [2.24, 2.45) is 0 Å². The topological polar surface area (TPSA) is 47.0 Å². The maximum Gasteiger partial charge on any atom is 0.260 e. The van der Waals surface area contributed by atoms with Crippen LogP contribution in [0.1, 0.15) is 18.1 Å². The Bertz CT molecular complexity index is 532. The van der Waals surface area contributed by atoms with E-state index < -0.39 is 6.10 Å². The zero-order chi connectivity index (χ0) is 14.3. The number of carbonyl (C=O) groups excluding carboxylic acids is 1. The number of rotatable bonds is 1. The van der Waals surface area contributed by atoms with Crippen LogP contribution in [-0.4, -0.2) is 56.2 Å². The van der Waals surface area contributed by atoms with Crippen LogP contribution < -0.4 is 9.80 Å². The van der Waals surface area contributed by atoms with Gasteiger partial charge < -0.3 is 19.8 Å². The molecule has 0 aliphatic carbocycles. The van der Waals surface area contributed by atoms with E-state index in [1.165, 1.54) is 0 Å². The van der Waals surface area contributed by atoms with Gasteiger partial charge in [0.1, 0.15) is 0 Å². The molecule has 1 unspecified atom stereocenters. The van der Waals surface area contributed by atoms with Crippen molar-refractivity contribution in [2.45, 2.75) is 12.5 Å². The Balaban J connectivity index is 1.88. The van der Waals surface area contributed by atoms with Gasteiger partial charge in [0.25, 0.3) is 5.91 Å². The van der Waals surface area contributed by atoms with Crippen LogP contribution in [-0.2, 0) is 4.79 Å². The molecular formula is C15H21N3O2. The summed E-state index contributed by atoms with van der Waals surface area (Å²) in [6.07, 6.45) is 0.143. The molecule has 1 amide bonds. The number of nitrogens with zero attached hydrogens (tertiary/aromatic N) is 3. The molecule has 108 valence electrons. The van der Waals surface area contributed by atoms with Crippen LogP contribution in [0.4, 0.5) is 11.4 Å². The third-order valence-electron chi connectivity index (χ3n) is 4.32. The predicted octanol–water partition coefficient (Wildman–Crippen LogP) is 0.838. The number of benzene rings is 1. The van der Waals surface area contributed by atoms with Gasteiger partial charge in [-0.25, -0.2) is 0 Å². The summed E-state index contributed by atoms with van der Waals surface area (Å²) in [6, 6.07) is 5.92. The molecule has 1 N–H and O–H groups in total. The molecule has 5 nitrogen and oxygen atoms in total. The second-order valence-electron chi connectivity index (χ2n) is 5.69. The molecule has 1 aromatic rings. The zero-order valence-corrected chi connectivity index (χ0v) is 12.0. The fourth-order valence-electron chi connectivity index (χ4n) is 2.99. The first kappa shape index (κ1) is 13.4. The molecule has 0 bridgehead atoms. The molecule has 3 rings (SSSR count). The monoisotopic (exact) mass is 275 g/mol. The number of fused-ring (bicyclic) bond motifs is 1. The van der Waals surface area contributed by atoms with Crippen LogP contribution in [0.15, 0.2) is 18.2 Å². The smallest absolute Gasteiger partial charge is 0.260 e.